The average Bonchev–Trinajstić information content (AvgIpc) is 3.15. The number of hydrogen-bond donors (Lipinski definition) is 0. The van der Waals surface area contributed by atoms with Crippen LogP contribution in [0, 0.1) is 5.92 Å². The lowest BCUT2D eigenvalue weighted by Crippen LogP contribution is -2.19. The largest absolute Gasteiger partial charge is 0.465 e. The normalized spacial score (nSPS) is 14.6. The molecule has 0 bridgehead atoms. The van der Waals surface area contributed by atoms with Crippen LogP contribution in [0.5, 0.6) is 0 Å². The molecule has 2 atom stereocenters. The van der Waals surface area contributed by atoms with Crippen LogP contribution in [0.2, 0.25) is 0 Å². The summed E-state index contributed by atoms with van der Waals surface area (Å²) in [6.07, 6.45) is 11.6. The summed E-state index contributed by atoms with van der Waals surface area (Å²) in [5, 5.41) is 0. The number of esters is 1. The molecule has 0 heterocycles. The number of fused-ring (bicyclic) bond motifs is 1. The Kier molecular flexibility index (Phi) is 18.7. The van der Waals surface area contributed by atoms with Gasteiger partial charge in [0.05, 0.1) is 12.7 Å². The maximum atomic E-state index is 12.1. The summed E-state index contributed by atoms with van der Waals surface area (Å²) in [6.45, 7) is 18.9. The van der Waals surface area contributed by atoms with E-state index >= 15 is 0 Å². The van der Waals surface area contributed by atoms with E-state index < -0.39 is 0 Å². The van der Waals surface area contributed by atoms with E-state index in [1.54, 1.807) is 0 Å². The minimum Gasteiger partial charge on any atom is -0.465 e. The lowest BCUT2D eigenvalue weighted by molar-refractivity contribution is 0.0600. The number of allylic oxidation sites excluding steroid dienone is 2. The molecule has 4 aromatic rings. The van der Waals surface area contributed by atoms with E-state index in [1.807, 2.05) is 53.7 Å². The van der Waals surface area contributed by atoms with Crippen molar-refractivity contribution in [3.05, 3.63) is 160 Å². The van der Waals surface area contributed by atoms with Gasteiger partial charge in [0, 0.05) is 5.92 Å². The standard InChI is InChI=1S/C40H42O2.3C2H6/c1-29-26-37-28-36(40(41)42-3)24-25-38(37)39(27-29)30(2)16-23-35-14-8-7-13-34(35)15-9-12-32-18-21-33(22-19-32)20-17-31-10-5-4-6-11-31;3*1-2/h4-11,13-15,18-19,21-22,24-25,28-29,39H,2,12,16-17,20,23,26-27H2,1,3H3;3*1-2H3/b15-9-;;;. The van der Waals surface area contributed by atoms with Crippen LogP contribution in [-0.2, 0) is 36.8 Å². The molecule has 0 saturated carbocycles. The van der Waals surface area contributed by atoms with Crippen LogP contribution in [0.15, 0.2) is 115 Å². The number of hydrogen-bond acceptors (Lipinski definition) is 2. The number of carbonyl (C=O) groups is 1. The highest BCUT2D eigenvalue weighted by atomic mass is 16.5. The van der Waals surface area contributed by atoms with Crippen molar-refractivity contribution in [3.8, 4) is 0 Å². The Morgan fingerprint density at radius 3 is 2.04 bits per heavy atom. The van der Waals surface area contributed by atoms with E-state index in [9.17, 15) is 4.79 Å². The van der Waals surface area contributed by atoms with Crippen molar-refractivity contribution in [1.82, 2.24) is 0 Å². The van der Waals surface area contributed by atoms with Crippen LogP contribution in [0.3, 0.4) is 0 Å². The molecule has 2 heteroatoms. The van der Waals surface area contributed by atoms with Crippen LogP contribution < -0.4 is 0 Å². The molecule has 2 nitrogen and oxygen atoms in total. The van der Waals surface area contributed by atoms with Gasteiger partial charge in [-0.3, -0.25) is 0 Å². The molecule has 5 rings (SSSR count). The molecular weight excluding hydrogens is 585 g/mol. The van der Waals surface area contributed by atoms with E-state index in [0.717, 1.165) is 44.9 Å². The van der Waals surface area contributed by atoms with Crippen LogP contribution in [0.25, 0.3) is 6.08 Å². The highest BCUT2D eigenvalue weighted by Gasteiger charge is 2.27. The van der Waals surface area contributed by atoms with Crippen molar-refractivity contribution in [3.63, 3.8) is 0 Å². The fraction of sp³-hybridized carbons (Fsp3) is 0.370. The third kappa shape index (κ3) is 12.1. The molecule has 48 heavy (non-hydrogen) atoms. The van der Waals surface area contributed by atoms with Crippen molar-refractivity contribution in [1.29, 1.82) is 0 Å². The molecule has 0 fully saturated rings. The molecule has 0 aliphatic heterocycles. The topological polar surface area (TPSA) is 26.3 Å². The average molecular weight is 645 g/mol. The molecule has 0 radical (unpaired) electrons. The number of methoxy groups -OCH3 is 1. The van der Waals surface area contributed by atoms with E-state index in [0.29, 0.717) is 17.4 Å². The van der Waals surface area contributed by atoms with Crippen LogP contribution in [0.4, 0.5) is 0 Å². The third-order valence-electron chi connectivity index (χ3n) is 8.63. The van der Waals surface area contributed by atoms with Gasteiger partial charge in [-0.2, -0.15) is 0 Å². The van der Waals surface area contributed by atoms with Crippen LogP contribution in [-0.4, -0.2) is 13.1 Å². The van der Waals surface area contributed by atoms with Gasteiger partial charge in [0.1, 0.15) is 0 Å². The van der Waals surface area contributed by atoms with Gasteiger partial charge in [0.2, 0.25) is 0 Å². The lowest BCUT2D eigenvalue weighted by atomic mass is 9.73. The van der Waals surface area contributed by atoms with Crippen LogP contribution in [0.1, 0.15) is 117 Å². The summed E-state index contributed by atoms with van der Waals surface area (Å²) in [5.74, 6) is 0.612. The monoisotopic (exact) mass is 644 g/mol. The van der Waals surface area contributed by atoms with Gasteiger partial charge in [-0.05, 0) is 102 Å². The number of aryl methyl sites for hydroxylation is 3. The van der Waals surface area contributed by atoms with Crippen molar-refractivity contribution in [2.45, 2.75) is 99.3 Å². The predicted octanol–water partition coefficient (Wildman–Crippen LogP) is 12.4. The molecule has 0 saturated heterocycles. The summed E-state index contributed by atoms with van der Waals surface area (Å²) in [5.41, 5.74) is 11.2. The van der Waals surface area contributed by atoms with E-state index in [2.05, 4.69) is 111 Å². The van der Waals surface area contributed by atoms with Gasteiger partial charge in [-0.1, -0.05) is 158 Å². The summed E-state index contributed by atoms with van der Waals surface area (Å²) in [7, 11) is 1.44. The maximum Gasteiger partial charge on any atom is 0.337 e. The third-order valence-corrected chi connectivity index (χ3v) is 8.63. The first kappa shape index (κ1) is 40.0. The van der Waals surface area contributed by atoms with Crippen molar-refractivity contribution in [2.75, 3.05) is 7.11 Å². The Labute approximate surface area is 293 Å². The number of rotatable bonds is 11. The van der Waals surface area contributed by atoms with E-state index in [4.69, 9.17) is 4.74 Å². The second-order valence-corrected chi connectivity index (χ2v) is 11.8. The van der Waals surface area contributed by atoms with E-state index in [1.165, 1.54) is 51.6 Å². The summed E-state index contributed by atoms with van der Waals surface area (Å²) in [6, 6.07) is 34.5. The second-order valence-electron chi connectivity index (χ2n) is 11.8. The fourth-order valence-electron chi connectivity index (χ4n) is 6.23. The molecule has 0 aromatic heterocycles. The highest BCUT2D eigenvalue weighted by Crippen LogP contribution is 2.40. The Morgan fingerprint density at radius 2 is 1.38 bits per heavy atom. The molecule has 0 amide bonds. The number of benzene rings is 4. The van der Waals surface area contributed by atoms with Crippen molar-refractivity contribution >= 4 is 12.0 Å². The molecule has 0 spiro atoms. The second kappa shape index (κ2) is 22.4. The van der Waals surface area contributed by atoms with Gasteiger partial charge in [0.25, 0.3) is 0 Å². The van der Waals surface area contributed by atoms with Crippen molar-refractivity contribution < 1.29 is 9.53 Å². The Morgan fingerprint density at radius 1 is 0.771 bits per heavy atom. The highest BCUT2D eigenvalue weighted by molar-refractivity contribution is 5.89. The molecule has 256 valence electrons. The summed E-state index contributed by atoms with van der Waals surface area (Å²) < 4.78 is 4.95. The summed E-state index contributed by atoms with van der Waals surface area (Å²) in [4.78, 5) is 12.1. The zero-order chi connectivity index (χ0) is 35.3. The predicted molar refractivity (Wildman–Crippen MR) is 209 cm³/mol. The van der Waals surface area contributed by atoms with Gasteiger partial charge in [-0.15, -0.1) is 0 Å². The quantitative estimate of drug-likeness (QED) is 0.120. The first-order chi connectivity index (χ1) is 23.5. The Bertz CT molecular complexity index is 1530. The SMILES string of the molecule is C=C(CCc1ccccc1/C=C\Cc1ccc(CCc2ccccc2)cc1)C1CC(C)Cc2cc(C(=O)OC)ccc21.CC.CC.CC. The zero-order valence-corrected chi connectivity index (χ0v) is 31.0. The van der Waals surface area contributed by atoms with E-state index in [-0.39, 0.29) is 5.97 Å². The first-order valence-corrected chi connectivity index (χ1v) is 18.2. The Balaban J connectivity index is 0.00000126. The van der Waals surface area contributed by atoms with Crippen LogP contribution >= 0.6 is 0 Å². The molecule has 4 aromatic carbocycles. The molecule has 2 unspecified atom stereocenters. The molecular formula is C46H60O2. The van der Waals surface area contributed by atoms with Gasteiger partial charge in [0.15, 0.2) is 0 Å². The maximum absolute atomic E-state index is 12.1. The minimum atomic E-state index is -0.271. The van der Waals surface area contributed by atoms with Gasteiger partial charge >= 0.3 is 5.97 Å². The molecule has 1 aliphatic rings. The lowest BCUT2D eigenvalue weighted by Gasteiger charge is -2.31. The summed E-state index contributed by atoms with van der Waals surface area (Å²) >= 11 is 0. The number of ether oxygens (including phenoxy) is 1. The first-order valence-electron chi connectivity index (χ1n) is 18.2. The van der Waals surface area contributed by atoms with Gasteiger partial charge in [-0.25, -0.2) is 4.79 Å². The van der Waals surface area contributed by atoms with Gasteiger partial charge < -0.3 is 4.74 Å². The molecule has 0 N–H and O–H groups in total. The molecule has 1 aliphatic carbocycles. The fourth-order valence-corrected chi connectivity index (χ4v) is 6.23. The Hall–Kier alpha value is -4.17. The zero-order valence-electron chi connectivity index (χ0n) is 31.0. The minimum absolute atomic E-state index is 0.271. The smallest absolute Gasteiger partial charge is 0.337 e. The number of carbonyl (C=O) groups excluding carboxylic acids is 1. The van der Waals surface area contributed by atoms with Crippen molar-refractivity contribution in [2.24, 2.45) is 5.92 Å².